The molecule has 0 saturated carbocycles. The molecule has 0 aliphatic carbocycles. The van der Waals surface area contributed by atoms with Gasteiger partial charge in [-0.1, -0.05) is 6.92 Å². The van der Waals surface area contributed by atoms with Gasteiger partial charge in [0.15, 0.2) is 0 Å². The summed E-state index contributed by atoms with van der Waals surface area (Å²) < 4.78 is 63.6. The molecule has 9 heteroatoms. The van der Waals surface area contributed by atoms with Gasteiger partial charge in [-0.15, -0.1) is 0 Å². The number of benzene rings is 2. The Morgan fingerprint density at radius 1 is 1.06 bits per heavy atom. The quantitative estimate of drug-likeness (QED) is 0.365. The maximum absolute atomic E-state index is 13.6. The fourth-order valence-electron chi connectivity index (χ4n) is 3.65. The summed E-state index contributed by atoms with van der Waals surface area (Å²) >= 11 is 0. The first-order chi connectivity index (χ1) is 16.7. The van der Waals surface area contributed by atoms with E-state index < -0.39 is 28.9 Å². The molecule has 0 unspecified atom stereocenters. The van der Waals surface area contributed by atoms with Crippen LogP contribution in [0.15, 0.2) is 42.5 Å². The zero-order valence-electron chi connectivity index (χ0n) is 21.0. The average molecular weight is 509 g/mol. The summed E-state index contributed by atoms with van der Waals surface area (Å²) in [6, 6.07) is 9.60. The zero-order valence-corrected chi connectivity index (χ0v) is 21.0. The van der Waals surface area contributed by atoms with Crippen molar-refractivity contribution in [1.82, 2.24) is 0 Å². The van der Waals surface area contributed by atoms with E-state index in [0.717, 1.165) is 6.08 Å². The number of carbonyl (C=O) groups is 1. The van der Waals surface area contributed by atoms with Crippen molar-refractivity contribution in [3.63, 3.8) is 0 Å². The number of halogens is 3. The summed E-state index contributed by atoms with van der Waals surface area (Å²) in [5.74, 6) is 0.562. The fraction of sp³-hybridized carbons (Fsp3) is 0.444. The average Bonchev–Trinajstić information content (AvgIpc) is 2.78. The van der Waals surface area contributed by atoms with E-state index in [-0.39, 0.29) is 11.3 Å². The van der Waals surface area contributed by atoms with Crippen LogP contribution >= 0.6 is 0 Å². The molecule has 196 valence electrons. The summed E-state index contributed by atoms with van der Waals surface area (Å²) in [4.78, 5) is 11.4. The molecule has 1 atom stereocenters. The minimum Gasteiger partial charge on any atom is -0.493 e. The van der Waals surface area contributed by atoms with Gasteiger partial charge < -0.3 is 24.1 Å². The van der Waals surface area contributed by atoms with Gasteiger partial charge in [-0.2, -0.15) is 13.2 Å². The second kappa shape index (κ2) is 10.3. The van der Waals surface area contributed by atoms with Crippen LogP contribution in [0.3, 0.4) is 0 Å². The van der Waals surface area contributed by atoms with E-state index in [1.165, 1.54) is 19.1 Å². The predicted octanol–water partition coefficient (Wildman–Crippen LogP) is 6.59. The topological polar surface area (TPSA) is 74.2 Å². The number of ether oxygens (including phenoxy) is 4. The second-order valence-electron chi connectivity index (χ2n) is 9.39. The Morgan fingerprint density at radius 3 is 2.25 bits per heavy atom. The van der Waals surface area contributed by atoms with Gasteiger partial charge in [-0.05, 0) is 76.1 Å². The molecule has 6 nitrogen and oxygen atoms in total. The number of rotatable bonds is 10. The maximum Gasteiger partial charge on any atom is 0.416 e. The Bertz CT molecular complexity index is 1120. The lowest BCUT2D eigenvalue weighted by Gasteiger charge is -2.32. The number of aliphatic carboxylic acids is 1. The molecule has 0 amide bonds. The molecule has 2 aromatic carbocycles. The molecule has 0 spiro atoms. The van der Waals surface area contributed by atoms with Crippen molar-refractivity contribution in [2.45, 2.75) is 64.8 Å². The number of hydrogen-bond donors (Lipinski definition) is 1. The van der Waals surface area contributed by atoms with Gasteiger partial charge in [0.25, 0.3) is 0 Å². The van der Waals surface area contributed by atoms with Gasteiger partial charge in [-0.25, -0.2) is 4.79 Å². The molecular formula is C27H31F3O6. The van der Waals surface area contributed by atoms with E-state index in [4.69, 9.17) is 18.9 Å². The number of aryl methyl sites for hydroxylation is 1. The summed E-state index contributed by atoms with van der Waals surface area (Å²) in [6.45, 7) is 8.74. The highest BCUT2D eigenvalue weighted by molar-refractivity contribution is 5.78. The highest BCUT2D eigenvalue weighted by atomic mass is 19.4. The van der Waals surface area contributed by atoms with Crippen LogP contribution in [0.4, 0.5) is 13.2 Å². The maximum atomic E-state index is 13.6. The number of hydrogen-bond acceptors (Lipinski definition) is 5. The van der Waals surface area contributed by atoms with Gasteiger partial charge in [0, 0.05) is 18.1 Å². The van der Waals surface area contributed by atoms with Crippen LogP contribution in [0.1, 0.15) is 51.7 Å². The number of alkyl halides is 3. The van der Waals surface area contributed by atoms with Crippen molar-refractivity contribution in [1.29, 1.82) is 0 Å². The molecule has 0 bridgehead atoms. The Hall–Kier alpha value is -3.36. The lowest BCUT2D eigenvalue weighted by molar-refractivity contribution is -0.154. The van der Waals surface area contributed by atoms with Crippen LogP contribution in [0.5, 0.6) is 23.0 Å². The van der Waals surface area contributed by atoms with E-state index in [2.05, 4.69) is 0 Å². The van der Waals surface area contributed by atoms with Crippen LogP contribution in [0.2, 0.25) is 0 Å². The van der Waals surface area contributed by atoms with Gasteiger partial charge >= 0.3 is 12.1 Å². The van der Waals surface area contributed by atoms with Crippen molar-refractivity contribution < 1.29 is 42.0 Å². The minimum absolute atomic E-state index is 0.00467. The molecular weight excluding hydrogens is 477 g/mol. The summed E-state index contributed by atoms with van der Waals surface area (Å²) in [7, 11) is 0. The van der Waals surface area contributed by atoms with Crippen molar-refractivity contribution in [2.24, 2.45) is 0 Å². The molecule has 0 radical (unpaired) electrons. The molecule has 2 aromatic rings. The number of carboxylic acid groups (broad SMARTS) is 1. The van der Waals surface area contributed by atoms with Gasteiger partial charge in [-0.3, -0.25) is 0 Å². The molecule has 0 aromatic heterocycles. The standard InChI is InChI=1S/C27H31F3O6/c1-6-26(5,24(31)32)35-19-10-8-18(9-11-19)33-12-7-13-34-22-15-23-20(14-17(22)2)21(27(28,29)30)16-25(3,4)36-23/h8-11,14-16H,6-7,12-13H2,1-5H3,(H,31,32)/t26-/m1/s1. The molecule has 1 aliphatic rings. The lowest BCUT2D eigenvalue weighted by Crippen LogP contribution is -2.40. The lowest BCUT2D eigenvalue weighted by atomic mass is 9.93. The van der Waals surface area contributed by atoms with Crippen LogP contribution in [-0.4, -0.2) is 41.7 Å². The molecule has 1 aliphatic heterocycles. The van der Waals surface area contributed by atoms with E-state index in [1.54, 1.807) is 52.0 Å². The van der Waals surface area contributed by atoms with E-state index in [9.17, 15) is 23.1 Å². The summed E-state index contributed by atoms with van der Waals surface area (Å²) in [5.41, 5.74) is -2.54. The normalized spacial score (nSPS) is 16.2. The van der Waals surface area contributed by atoms with Crippen molar-refractivity contribution in [2.75, 3.05) is 13.2 Å². The third-order valence-electron chi connectivity index (χ3n) is 5.85. The van der Waals surface area contributed by atoms with Gasteiger partial charge in [0.2, 0.25) is 5.60 Å². The third-order valence-corrected chi connectivity index (χ3v) is 5.85. The molecule has 1 heterocycles. The number of allylic oxidation sites excluding steroid dienone is 1. The Kier molecular flexibility index (Phi) is 7.81. The van der Waals surface area contributed by atoms with Gasteiger partial charge in [0.05, 0.1) is 18.8 Å². The molecule has 36 heavy (non-hydrogen) atoms. The smallest absolute Gasteiger partial charge is 0.416 e. The van der Waals surface area contributed by atoms with Crippen LogP contribution < -0.4 is 18.9 Å². The minimum atomic E-state index is -4.49. The van der Waals surface area contributed by atoms with E-state index in [0.29, 0.717) is 48.9 Å². The molecule has 0 fully saturated rings. The van der Waals surface area contributed by atoms with Crippen molar-refractivity contribution >= 4 is 11.5 Å². The number of carboxylic acids is 1. The second-order valence-corrected chi connectivity index (χ2v) is 9.39. The summed E-state index contributed by atoms with van der Waals surface area (Å²) in [6.07, 6.45) is -2.55. The van der Waals surface area contributed by atoms with E-state index >= 15 is 0 Å². The SMILES string of the molecule is CC[C@@](C)(Oc1ccc(OCCCOc2cc3c(cc2C)C(C(F)(F)F)=CC(C)(C)O3)cc1)C(=O)O. The van der Waals surface area contributed by atoms with E-state index in [1.807, 2.05) is 0 Å². The summed E-state index contributed by atoms with van der Waals surface area (Å²) in [5, 5.41) is 9.32. The Morgan fingerprint density at radius 2 is 1.67 bits per heavy atom. The third kappa shape index (κ3) is 6.44. The Labute approximate surface area is 208 Å². The molecule has 1 N–H and O–H groups in total. The monoisotopic (exact) mass is 508 g/mol. The Balaban J connectivity index is 1.54. The zero-order chi connectivity index (χ0) is 26.7. The van der Waals surface area contributed by atoms with Crippen molar-refractivity contribution in [3.05, 3.63) is 53.6 Å². The fourth-order valence-corrected chi connectivity index (χ4v) is 3.65. The molecule has 0 saturated heterocycles. The largest absolute Gasteiger partial charge is 0.493 e. The first-order valence-corrected chi connectivity index (χ1v) is 11.7. The number of fused-ring (bicyclic) bond motifs is 1. The first kappa shape index (κ1) is 27.2. The predicted molar refractivity (Wildman–Crippen MR) is 129 cm³/mol. The van der Waals surface area contributed by atoms with Gasteiger partial charge in [0.1, 0.15) is 28.6 Å². The van der Waals surface area contributed by atoms with Crippen molar-refractivity contribution in [3.8, 4) is 23.0 Å². The van der Waals surface area contributed by atoms with Crippen LogP contribution in [0, 0.1) is 6.92 Å². The van der Waals surface area contributed by atoms with Crippen LogP contribution in [-0.2, 0) is 4.79 Å². The van der Waals surface area contributed by atoms with Crippen LogP contribution in [0.25, 0.3) is 5.57 Å². The molecule has 3 rings (SSSR count). The first-order valence-electron chi connectivity index (χ1n) is 11.7. The highest BCUT2D eigenvalue weighted by Gasteiger charge is 2.41. The highest BCUT2D eigenvalue weighted by Crippen LogP contribution is 2.46.